The van der Waals surface area contributed by atoms with Gasteiger partial charge in [-0.3, -0.25) is 0 Å². The summed E-state index contributed by atoms with van der Waals surface area (Å²) in [7, 11) is 0. The van der Waals surface area contributed by atoms with Gasteiger partial charge in [-0.15, -0.1) is 11.3 Å². The van der Waals surface area contributed by atoms with Gasteiger partial charge in [0.2, 0.25) is 0 Å². The van der Waals surface area contributed by atoms with Crippen molar-refractivity contribution >= 4 is 53.1 Å². The molecule has 0 bridgehead atoms. The Morgan fingerprint density at radius 3 is 1.59 bits per heavy atom. The maximum absolute atomic E-state index is 5.10. The van der Waals surface area contributed by atoms with Crippen molar-refractivity contribution in [2.45, 2.75) is 0 Å². The predicted molar refractivity (Wildman–Crippen MR) is 215 cm³/mol. The highest BCUT2D eigenvalue weighted by Gasteiger charge is 2.17. The van der Waals surface area contributed by atoms with Crippen LogP contribution >= 0.6 is 11.3 Å². The van der Waals surface area contributed by atoms with Crippen LogP contribution in [0.2, 0.25) is 0 Å². The Morgan fingerprint density at radius 1 is 0.314 bits per heavy atom. The molecule has 3 nitrogen and oxygen atoms in total. The van der Waals surface area contributed by atoms with E-state index < -0.39 is 0 Å². The molecule has 0 aliphatic rings. The molecule has 51 heavy (non-hydrogen) atoms. The van der Waals surface area contributed by atoms with Gasteiger partial charge in [0.05, 0.1) is 0 Å². The minimum absolute atomic E-state index is 0.649. The summed E-state index contributed by atoms with van der Waals surface area (Å²) in [6.07, 6.45) is 0. The molecule has 10 aromatic rings. The van der Waals surface area contributed by atoms with Gasteiger partial charge in [-0.2, -0.15) is 0 Å². The van der Waals surface area contributed by atoms with Gasteiger partial charge in [0, 0.05) is 42.2 Å². The van der Waals surface area contributed by atoms with E-state index in [4.69, 9.17) is 15.0 Å². The number of nitrogens with zero attached hydrogens (tertiary/aromatic N) is 3. The normalized spacial score (nSPS) is 11.5. The lowest BCUT2D eigenvalue weighted by atomic mass is 9.97. The number of aromatic nitrogens is 3. The van der Waals surface area contributed by atoms with E-state index in [0.29, 0.717) is 17.5 Å². The molecular formula is C47H29N3S. The first kappa shape index (κ1) is 29.4. The van der Waals surface area contributed by atoms with Crippen LogP contribution in [0.5, 0.6) is 0 Å². The molecule has 238 valence electrons. The van der Waals surface area contributed by atoms with Crippen LogP contribution in [0.4, 0.5) is 0 Å². The summed E-state index contributed by atoms with van der Waals surface area (Å²) in [6.45, 7) is 0. The van der Waals surface area contributed by atoms with Gasteiger partial charge in [0.25, 0.3) is 0 Å². The Morgan fingerprint density at radius 2 is 0.843 bits per heavy atom. The summed E-state index contributed by atoms with van der Waals surface area (Å²) in [4.78, 5) is 15.1. The number of benzene rings is 8. The van der Waals surface area contributed by atoms with Crippen LogP contribution in [0.3, 0.4) is 0 Å². The molecular weight excluding hydrogens is 639 g/mol. The monoisotopic (exact) mass is 667 g/mol. The van der Waals surface area contributed by atoms with Crippen molar-refractivity contribution in [3.8, 4) is 56.4 Å². The molecule has 0 saturated carbocycles. The van der Waals surface area contributed by atoms with E-state index in [1.165, 1.54) is 47.5 Å². The van der Waals surface area contributed by atoms with Gasteiger partial charge in [-0.25, -0.2) is 15.0 Å². The summed E-state index contributed by atoms with van der Waals surface area (Å²) in [6, 6.07) is 62.0. The summed E-state index contributed by atoms with van der Waals surface area (Å²) in [5, 5.41) is 7.50. The lowest BCUT2D eigenvalue weighted by Crippen LogP contribution is -2.00. The maximum atomic E-state index is 5.10. The molecule has 8 aromatic carbocycles. The quantitative estimate of drug-likeness (QED) is 0.171. The lowest BCUT2D eigenvalue weighted by molar-refractivity contribution is 1.07. The fourth-order valence-electron chi connectivity index (χ4n) is 7.20. The number of hydrogen-bond donors (Lipinski definition) is 0. The largest absolute Gasteiger partial charge is 0.208 e. The summed E-state index contributed by atoms with van der Waals surface area (Å²) >= 11 is 1.89. The highest BCUT2D eigenvalue weighted by atomic mass is 32.1. The molecule has 0 atom stereocenters. The summed E-state index contributed by atoms with van der Waals surface area (Å²) in [5.41, 5.74) is 7.66. The van der Waals surface area contributed by atoms with Gasteiger partial charge in [0.1, 0.15) is 0 Å². The van der Waals surface area contributed by atoms with Crippen molar-refractivity contribution in [2.75, 3.05) is 0 Å². The van der Waals surface area contributed by atoms with Crippen LogP contribution < -0.4 is 0 Å². The zero-order chi connectivity index (χ0) is 33.7. The third kappa shape index (κ3) is 5.16. The second-order valence-corrected chi connectivity index (χ2v) is 13.8. The van der Waals surface area contributed by atoms with Crippen LogP contribution in [0.1, 0.15) is 0 Å². The van der Waals surface area contributed by atoms with Crippen LogP contribution in [-0.2, 0) is 0 Å². The van der Waals surface area contributed by atoms with E-state index in [0.717, 1.165) is 33.2 Å². The van der Waals surface area contributed by atoms with Crippen molar-refractivity contribution < 1.29 is 0 Å². The average Bonchev–Trinajstić information content (AvgIpc) is 3.60. The maximum Gasteiger partial charge on any atom is 0.164 e. The van der Waals surface area contributed by atoms with Crippen molar-refractivity contribution in [2.24, 2.45) is 0 Å². The van der Waals surface area contributed by atoms with E-state index in [9.17, 15) is 0 Å². The third-order valence-electron chi connectivity index (χ3n) is 9.70. The zero-order valence-electron chi connectivity index (χ0n) is 27.5. The predicted octanol–water partition coefficient (Wildman–Crippen LogP) is 12.9. The van der Waals surface area contributed by atoms with E-state index in [1.807, 2.05) is 35.6 Å². The molecule has 0 unspecified atom stereocenters. The van der Waals surface area contributed by atoms with Crippen LogP contribution in [0, 0.1) is 0 Å². The van der Waals surface area contributed by atoms with Gasteiger partial charge in [-0.1, -0.05) is 164 Å². The minimum atomic E-state index is 0.649. The minimum Gasteiger partial charge on any atom is -0.208 e. The standard InChI is InChI=1S/C47H29N3S/c1-4-12-30(13-5-1)34-18-10-19-36(28-34)46-48-45(33-16-8-3-9-17-33)49-47(50-46)37-25-26-38-35(29-37)23-22-32-24-27-41-40-21-11-20-39(31-14-6-2-7-15-31)43(40)51-44(41)42(32)38/h1-29H. The fraction of sp³-hybridized carbons (Fsp3) is 0. The molecule has 0 saturated heterocycles. The average molecular weight is 668 g/mol. The first-order valence-corrected chi connectivity index (χ1v) is 17.9. The summed E-state index contributed by atoms with van der Waals surface area (Å²) < 4.78 is 2.64. The smallest absolute Gasteiger partial charge is 0.164 e. The molecule has 4 heteroatoms. The molecule has 0 amide bonds. The number of thiophene rings is 1. The number of fused-ring (bicyclic) bond motifs is 7. The Balaban J connectivity index is 1.14. The lowest BCUT2D eigenvalue weighted by Gasteiger charge is -2.11. The molecule has 0 aliphatic heterocycles. The molecule has 0 radical (unpaired) electrons. The number of rotatable bonds is 5. The first-order valence-electron chi connectivity index (χ1n) is 17.1. The van der Waals surface area contributed by atoms with Crippen LogP contribution in [0.25, 0.3) is 98.1 Å². The molecule has 0 spiro atoms. The van der Waals surface area contributed by atoms with E-state index in [-0.39, 0.29) is 0 Å². The first-order chi connectivity index (χ1) is 25.3. The molecule has 2 heterocycles. The second-order valence-electron chi connectivity index (χ2n) is 12.8. The van der Waals surface area contributed by atoms with Gasteiger partial charge in [0.15, 0.2) is 17.5 Å². The molecule has 0 aliphatic carbocycles. The van der Waals surface area contributed by atoms with Gasteiger partial charge < -0.3 is 0 Å². The molecule has 0 N–H and O–H groups in total. The highest BCUT2D eigenvalue weighted by Crippen LogP contribution is 2.44. The van der Waals surface area contributed by atoms with Crippen molar-refractivity contribution in [1.82, 2.24) is 15.0 Å². The fourth-order valence-corrected chi connectivity index (χ4v) is 8.61. The van der Waals surface area contributed by atoms with Gasteiger partial charge >= 0.3 is 0 Å². The molecule has 10 rings (SSSR count). The Bertz CT molecular complexity index is 2900. The van der Waals surface area contributed by atoms with Crippen molar-refractivity contribution in [1.29, 1.82) is 0 Å². The highest BCUT2D eigenvalue weighted by molar-refractivity contribution is 7.27. The third-order valence-corrected chi connectivity index (χ3v) is 11.0. The van der Waals surface area contributed by atoms with E-state index >= 15 is 0 Å². The van der Waals surface area contributed by atoms with Crippen LogP contribution in [-0.4, -0.2) is 15.0 Å². The molecule has 2 aromatic heterocycles. The topological polar surface area (TPSA) is 38.7 Å². The molecule has 0 fully saturated rings. The Labute approximate surface area is 299 Å². The SMILES string of the molecule is c1ccc(-c2cccc(-c3nc(-c4ccccc4)nc(-c4ccc5c(ccc6ccc7c8cccc(-c9ccccc9)c8sc7c65)c4)n3)c2)cc1. The Hall–Kier alpha value is -6.49. The summed E-state index contributed by atoms with van der Waals surface area (Å²) in [5.74, 6) is 1.95. The van der Waals surface area contributed by atoms with Gasteiger partial charge in [-0.05, 0) is 50.5 Å². The second kappa shape index (κ2) is 12.1. The Kier molecular flexibility index (Phi) is 7.00. The van der Waals surface area contributed by atoms with Crippen LogP contribution in [0.15, 0.2) is 176 Å². The van der Waals surface area contributed by atoms with Crippen molar-refractivity contribution in [3.05, 3.63) is 176 Å². The zero-order valence-corrected chi connectivity index (χ0v) is 28.3. The van der Waals surface area contributed by atoms with E-state index in [2.05, 4.69) is 152 Å². The number of hydrogen-bond acceptors (Lipinski definition) is 4. The van der Waals surface area contributed by atoms with Crippen molar-refractivity contribution in [3.63, 3.8) is 0 Å². The van der Waals surface area contributed by atoms with E-state index in [1.54, 1.807) is 0 Å².